The maximum absolute atomic E-state index is 3.53. The van der Waals surface area contributed by atoms with Gasteiger partial charge < -0.3 is 24.8 Å². The van der Waals surface area contributed by atoms with Gasteiger partial charge in [-0.15, -0.1) is 12.5 Å². The molecule has 0 aromatic heterocycles. The first-order chi connectivity index (χ1) is 16.8. The van der Waals surface area contributed by atoms with Crippen LogP contribution in [0.3, 0.4) is 0 Å². The second kappa shape index (κ2) is 14.8. The Morgan fingerprint density at radius 3 is 1.82 bits per heavy atom. The summed E-state index contributed by atoms with van der Waals surface area (Å²) >= 11 is 1.69. The molecule has 0 saturated heterocycles. The molecule has 3 aliphatic rings. The summed E-state index contributed by atoms with van der Waals surface area (Å²) in [6.07, 6.45) is 13.9. The van der Waals surface area contributed by atoms with Gasteiger partial charge >= 0.3 is 59.5 Å². The Balaban J connectivity index is 0.000000351. The van der Waals surface area contributed by atoms with Crippen molar-refractivity contribution in [3.05, 3.63) is 82.0 Å². The SMILES string of the molecule is CC(C)(C)c1c[c-]c2c(c1)-c1cc(C(C)(C)C)ccc1C2.CC1=[C-]C(C)C=C1C.[Cl-].[Cl-].[Zr+2]=[C]1CCCCC1. The van der Waals surface area contributed by atoms with Gasteiger partial charge in [0.15, 0.2) is 0 Å². The monoisotopic (exact) mass is 626 g/mol. The molecule has 0 bridgehead atoms. The number of rotatable bonds is 0. The van der Waals surface area contributed by atoms with E-state index in [-0.39, 0.29) is 35.6 Å². The molecule has 0 heterocycles. The van der Waals surface area contributed by atoms with Gasteiger partial charge in [-0.05, 0) is 17.4 Å². The molecule has 0 radical (unpaired) electrons. The first-order valence-electron chi connectivity index (χ1n) is 13.8. The van der Waals surface area contributed by atoms with Crippen LogP contribution in [0.15, 0.2) is 47.6 Å². The molecule has 3 heteroatoms. The zero-order chi connectivity index (χ0) is 26.7. The molecule has 0 spiro atoms. The average Bonchev–Trinajstić information content (AvgIpc) is 3.30. The van der Waals surface area contributed by atoms with Crippen molar-refractivity contribution in [1.82, 2.24) is 0 Å². The van der Waals surface area contributed by atoms with E-state index >= 15 is 0 Å². The third-order valence-electron chi connectivity index (χ3n) is 7.52. The molecule has 38 heavy (non-hydrogen) atoms. The first kappa shape index (κ1) is 35.3. The van der Waals surface area contributed by atoms with E-state index in [1.807, 2.05) is 0 Å². The maximum atomic E-state index is 3.53. The summed E-state index contributed by atoms with van der Waals surface area (Å²) < 4.78 is 1.80. The van der Waals surface area contributed by atoms with Crippen LogP contribution in [0.25, 0.3) is 11.1 Å². The van der Waals surface area contributed by atoms with E-state index in [9.17, 15) is 0 Å². The molecular formula is C35H46Cl2Zr-2. The third-order valence-corrected chi connectivity index (χ3v) is 8.75. The fourth-order valence-corrected chi connectivity index (χ4v) is 5.83. The Labute approximate surface area is 261 Å². The summed E-state index contributed by atoms with van der Waals surface area (Å²) in [6, 6.07) is 15.1. The minimum absolute atomic E-state index is 0. The van der Waals surface area contributed by atoms with Gasteiger partial charge in [-0.2, -0.15) is 35.4 Å². The van der Waals surface area contributed by atoms with Gasteiger partial charge in [0.2, 0.25) is 0 Å². The molecule has 0 N–H and O–H groups in total. The summed E-state index contributed by atoms with van der Waals surface area (Å²) in [7, 11) is 0. The standard InChI is InChI=1S/C21H25.C8H11.C6H10.2ClH.Zr/c1-20(2,3)16-9-7-14-11-15-8-10-17(21(4,5)6)13-19(15)18(14)12-16;1-6-4-7(2)8(3)5-6;1-2-4-6-5-3-1;;;/h7,9-10,12-13H,11H2,1-6H3;4,6H,1-3H3;1-5H2;2*1H;/q2*-1;;;;+2/p-2. The molecule has 0 nitrogen and oxygen atoms in total. The molecule has 1 unspecified atom stereocenters. The van der Waals surface area contributed by atoms with Crippen molar-refractivity contribution in [2.24, 2.45) is 5.92 Å². The Morgan fingerprint density at radius 2 is 1.39 bits per heavy atom. The van der Waals surface area contributed by atoms with E-state index in [4.69, 9.17) is 0 Å². The van der Waals surface area contributed by atoms with Crippen molar-refractivity contribution in [2.45, 2.75) is 112 Å². The topological polar surface area (TPSA) is 0 Å². The van der Waals surface area contributed by atoms with Crippen LogP contribution in [0.2, 0.25) is 0 Å². The van der Waals surface area contributed by atoms with Crippen LogP contribution < -0.4 is 24.8 Å². The third kappa shape index (κ3) is 9.71. The average molecular weight is 629 g/mol. The van der Waals surface area contributed by atoms with Crippen LogP contribution in [0.1, 0.15) is 117 Å². The quantitative estimate of drug-likeness (QED) is 0.334. The van der Waals surface area contributed by atoms with Crippen molar-refractivity contribution in [3.63, 3.8) is 0 Å². The van der Waals surface area contributed by atoms with Crippen LogP contribution in [0.4, 0.5) is 0 Å². The van der Waals surface area contributed by atoms with Gasteiger partial charge in [-0.3, -0.25) is 6.08 Å². The zero-order valence-electron chi connectivity index (χ0n) is 25.0. The normalized spacial score (nSPS) is 17.8. The van der Waals surface area contributed by atoms with E-state index in [1.54, 1.807) is 27.4 Å². The van der Waals surface area contributed by atoms with Crippen molar-refractivity contribution >= 4 is 3.21 Å². The Morgan fingerprint density at radius 1 is 0.816 bits per heavy atom. The van der Waals surface area contributed by atoms with Crippen molar-refractivity contribution in [1.29, 1.82) is 0 Å². The molecule has 1 fully saturated rings. The zero-order valence-corrected chi connectivity index (χ0v) is 29.0. The molecule has 0 aliphatic heterocycles. The van der Waals surface area contributed by atoms with E-state index in [0.717, 1.165) is 6.42 Å². The van der Waals surface area contributed by atoms with Crippen LogP contribution in [0, 0.1) is 18.1 Å². The second-order valence-corrected chi connectivity index (χ2v) is 14.6. The number of halogens is 2. The summed E-state index contributed by atoms with van der Waals surface area (Å²) in [6.45, 7) is 20.0. The van der Waals surface area contributed by atoms with Crippen LogP contribution >= 0.6 is 0 Å². The summed E-state index contributed by atoms with van der Waals surface area (Å²) in [5, 5.41) is 0. The second-order valence-electron chi connectivity index (χ2n) is 12.9. The summed E-state index contributed by atoms with van der Waals surface area (Å²) in [4.78, 5) is 0. The number of benzene rings is 2. The summed E-state index contributed by atoms with van der Waals surface area (Å²) in [5.74, 6) is 0.551. The predicted molar refractivity (Wildman–Crippen MR) is 154 cm³/mol. The number of hydrogen-bond acceptors (Lipinski definition) is 0. The number of fused-ring (bicyclic) bond motifs is 3. The fraction of sp³-hybridized carbons (Fsp3) is 0.514. The van der Waals surface area contributed by atoms with Crippen LogP contribution in [0.5, 0.6) is 0 Å². The molecule has 206 valence electrons. The van der Waals surface area contributed by atoms with Crippen molar-refractivity contribution in [2.75, 3.05) is 0 Å². The summed E-state index contributed by atoms with van der Waals surface area (Å²) in [5.41, 5.74) is 11.5. The van der Waals surface area contributed by atoms with E-state index < -0.39 is 0 Å². The fourth-order valence-electron chi connectivity index (χ4n) is 4.96. The molecule has 3 aliphatic carbocycles. The minimum atomic E-state index is 0. The Bertz CT molecular complexity index is 1070. The Kier molecular flexibility index (Phi) is 13.7. The molecule has 5 rings (SSSR count). The molecule has 2 aromatic carbocycles. The van der Waals surface area contributed by atoms with Crippen LogP contribution in [-0.4, -0.2) is 3.21 Å². The van der Waals surface area contributed by atoms with E-state index in [2.05, 4.69) is 111 Å². The van der Waals surface area contributed by atoms with E-state index in [1.165, 1.54) is 76.6 Å². The predicted octanol–water partition coefficient (Wildman–Crippen LogP) is 3.66. The molecular weight excluding hydrogens is 583 g/mol. The van der Waals surface area contributed by atoms with Gasteiger partial charge in [-0.1, -0.05) is 96.0 Å². The van der Waals surface area contributed by atoms with Gasteiger partial charge in [0.25, 0.3) is 0 Å². The number of hydrogen-bond donors (Lipinski definition) is 0. The van der Waals surface area contributed by atoms with E-state index in [0.29, 0.717) is 5.92 Å². The van der Waals surface area contributed by atoms with Crippen molar-refractivity contribution < 1.29 is 49.0 Å². The first-order valence-corrected chi connectivity index (χ1v) is 15.0. The molecule has 1 atom stereocenters. The number of allylic oxidation sites excluding steroid dienone is 4. The van der Waals surface area contributed by atoms with Gasteiger partial charge in [0.05, 0.1) is 0 Å². The Hall–Kier alpha value is -0.747. The van der Waals surface area contributed by atoms with Gasteiger partial charge in [0.1, 0.15) is 0 Å². The van der Waals surface area contributed by atoms with Gasteiger partial charge in [0, 0.05) is 0 Å². The van der Waals surface area contributed by atoms with Crippen molar-refractivity contribution in [3.8, 4) is 11.1 Å². The molecule has 0 amide bonds. The molecule has 1 saturated carbocycles. The van der Waals surface area contributed by atoms with Gasteiger partial charge in [-0.25, -0.2) is 11.1 Å². The van der Waals surface area contributed by atoms with Crippen LogP contribution in [-0.2, 0) is 41.5 Å². The molecule has 2 aromatic rings.